The Morgan fingerprint density at radius 1 is 1.41 bits per heavy atom. The van der Waals surface area contributed by atoms with Crippen molar-refractivity contribution in [1.29, 1.82) is 0 Å². The molecule has 1 aromatic carbocycles. The quantitative estimate of drug-likeness (QED) is 0.919. The number of hydrogen-bond acceptors (Lipinski definition) is 3. The summed E-state index contributed by atoms with van der Waals surface area (Å²) in [6.07, 6.45) is 2.49. The highest BCUT2D eigenvalue weighted by Gasteiger charge is 2.34. The summed E-state index contributed by atoms with van der Waals surface area (Å²) < 4.78 is 5.51. The van der Waals surface area contributed by atoms with Crippen molar-refractivity contribution in [2.24, 2.45) is 0 Å². The normalized spacial score (nSPS) is 17.5. The van der Waals surface area contributed by atoms with Crippen LogP contribution >= 0.6 is 0 Å². The van der Waals surface area contributed by atoms with Crippen LogP contribution in [0.5, 0.6) is 0 Å². The fourth-order valence-electron chi connectivity index (χ4n) is 2.93. The van der Waals surface area contributed by atoms with Crippen LogP contribution in [0.3, 0.4) is 0 Å². The third-order valence-electron chi connectivity index (χ3n) is 3.86. The fourth-order valence-corrected chi connectivity index (χ4v) is 2.93. The molecule has 0 aromatic heterocycles. The number of anilines is 1. The highest BCUT2D eigenvalue weighted by Crippen LogP contribution is 2.39. The van der Waals surface area contributed by atoms with Crippen molar-refractivity contribution < 1.29 is 14.6 Å². The molecule has 1 atom stereocenters. The zero-order chi connectivity index (χ0) is 16.3. The molecule has 122 valence electrons. The molecule has 1 aliphatic rings. The standard InChI is InChI=1S/C18H27NO3/c1-5-6-13-7-8-16-15(11-13)14(9-10-20)12-19(16)17(21)22-18(2,3)4/h7-8,11,14,20H,5-6,9-10,12H2,1-4H3. The minimum atomic E-state index is -0.505. The van der Waals surface area contributed by atoms with Crippen molar-refractivity contribution in [3.63, 3.8) is 0 Å². The number of rotatable bonds is 4. The Bertz CT molecular complexity index is 534. The number of carbonyl (C=O) groups is 1. The van der Waals surface area contributed by atoms with E-state index in [1.54, 1.807) is 4.90 Å². The number of aryl methyl sites for hydroxylation is 1. The Morgan fingerprint density at radius 2 is 2.14 bits per heavy atom. The van der Waals surface area contributed by atoms with E-state index in [1.807, 2.05) is 26.8 Å². The Balaban J connectivity index is 2.28. The average Bonchev–Trinajstić information content (AvgIpc) is 2.76. The first-order valence-corrected chi connectivity index (χ1v) is 8.10. The van der Waals surface area contributed by atoms with E-state index in [-0.39, 0.29) is 18.6 Å². The van der Waals surface area contributed by atoms with Gasteiger partial charge in [-0.15, -0.1) is 0 Å². The minimum Gasteiger partial charge on any atom is -0.443 e. The SMILES string of the molecule is CCCc1ccc2c(c1)C(CCO)CN2C(=O)OC(C)(C)C. The van der Waals surface area contributed by atoms with E-state index < -0.39 is 5.60 Å². The number of nitrogens with zero attached hydrogens (tertiary/aromatic N) is 1. The summed E-state index contributed by atoms with van der Waals surface area (Å²) in [5.74, 6) is 0.185. The van der Waals surface area contributed by atoms with Crippen molar-refractivity contribution in [2.45, 2.75) is 58.5 Å². The predicted octanol–water partition coefficient (Wildman–Crippen LogP) is 3.86. The van der Waals surface area contributed by atoms with Crippen molar-refractivity contribution in [1.82, 2.24) is 0 Å². The molecule has 0 spiro atoms. The van der Waals surface area contributed by atoms with Crippen LogP contribution < -0.4 is 4.90 Å². The molecule has 1 amide bonds. The van der Waals surface area contributed by atoms with E-state index in [0.29, 0.717) is 13.0 Å². The maximum Gasteiger partial charge on any atom is 0.414 e. The van der Waals surface area contributed by atoms with E-state index in [0.717, 1.165) is 24.1 Å². The Morgan fingerprint density at radius 3 is 2.73 bits per heavy atom. The molecular weight excluding hydrogens is 278 g/mol. The van der Waals surface area contributed by atoms with Crippen LogP contribution in [0.25, 0.3) is 0 Å². The number of carbonyl (C=O) groups excluding carboxylic acids is 1. The lowest BCUT2D eigenvalue weighted by atomic mass is 9.95. The molecule has 1 aliphatic heterocycles. The summed E-state index contributed by atoms with van der Waals surface area (Å²) >= 11 is 0. The van der Waals surface area contributed by atoms with Crippen LogP contribution in [-0.4, -0.2) is 30.0 Å². The van der Waals surface area contributed by atoms with Gasteiger partial charge in [-0.05, 0) is 50.8 Å². The summed E-state index contributed by atoms with van der Waals surface area (Å²) in [6.45, 7) is 8.49. The first-order chi connectivity index (χ1) is 10.4. The number of aliphatic hydroxyl groups excluding tert-OH is 1. The Hall–Kier alpha value is -1.55. The van der Waals surface area contributed by atoms with Gasteiger partial charge in [-0.1, -0.05) is 25.5 Å². The Labute approximate surface area is 133 Å². The van der Waals surface area contributed by atoms with Gasteiger partial charge in [-0.25, -0.2) is 4.79 Å². The van der Waals surface area contributed by atoms with Crippen LogP contribution in [0.15, 0.2) is 18.2 Å². The van der Waals surface area contributed by atoms with Gasteiger partial charge in [0.25, 0.3) is 0 Å². The monoisotopic (exact) mass is 305 g/mol. The van der Waals surface area contributed by atoms with Gasteiger partial charge in [0.1, 0.15) is 5.60 Å². The van der Waals surface area contributed by atoms with Gasteiger partial charge >= 0.3 is 6.09 Å². The van der Waals surface area contributed by atoms with Crippen molar-refractivity contribution in [3.05, 3.63) is 29.3 Å². The van der Waals surface area contributed by atoms with Crippen molar-refractivity contribution in [2.75, 3.05) is 18.1 Å². The van der Waals surface area contributed by atoms with Gasteiger partial charge in [-0.3, -0.25) is 4.90 Å². The largest absolute Gasteiger partial charge is 0.443 e. The van der Waals surface area contributed by atoms with Crippen LogP contribution in [0, 0.1) is 0 Å². The molecule has 2 rings (SSSR count). The van der Waals surface area contributed by atoms with Gasteiger partial charge in [0, 0.05) is 19.1 Å². The number of ether oxygens (including phenoxy) is 1. The molecule has 4 heteroatoms. The highest BCUT2D eigenvalue weighted by atomic mass is 16.6. The van der Waals surface area contributed by atoms with Gasteiger partial charge in [0.2, 0.25) is 0 Å². The van der Waals surface area contributed by atoms with Crippen LogP contribution in [0.2, 0.25) is 0 Å². The maximum absolute atomic E-state index is 12.4. The molecule has 0 radical (unpaired) electrons. The number of amides is 1. The summed E-state index contributed by atoms with van der Waals surface area (Å²) in [4.78, 5) is 14.1. The zero-order valence-electron chi connectivity index (χ0n) is 14.1. The minimum absolute atomic E-state index is 0.129. The summed E-state index contributed by atoms with van der Waals surface area (Å²) in [5.41, 5.74) is 2.86. The lowest BCUT2D eigenvalue weighted by molar-refractivity contribution is 0.0581. The van der Waals surface area contributed by atoms with E-state index in [9.17, 15) is 9.90 Å². The van der Waals surface area contributed by atoms with Gasteiger partial charge in [0.15, 0.2) is 0 Å². The molecule has 1 heterocycles. The Kier molecular flexibility index (Phi) is 5.12. The average molecular weight is 305 g/mol. The van der Waals surface area contributed by atoms with Crippen LogP contribution in [0.1, 0.15) is 57.6 Å². The van der Waals surface area contributed by atoms with E-state index in [2.05, 4.69) is 19.1 Å². The molecule has 0 saturated heterocycles. The number of aliphatic hydroxyl groups is 1. The van der Waals surface area contributed by atoms with E-state index in [4.69, 9.17) is 4.74 Å². The summed E-state index contributed by atoms with van der Waals surface area (Å²) in [7, 11) is 0. The number of fused-ring (bicyclic) bond motifs is 1. The zero-order valence-corrected chi connectivity index (χ0v) is 14.1. The second-order valence-corrected chi connectivity index (χ2v) is 6.94. The second-order valence-electron chi connectivity index (χ2n) is 6.94. The lowest BCUT2D eigenvalue weighted by Crippen LogP contribution is -2.36. The summed E-state index contributed by atoms with van der Waals surface area (Å²) in [5, 5.41) is 9.30. The van der Waals surface area contributed by atoms with Crippen molar-refractivity contribution >= 4 is 11.8 Å². The number of benzene rings is 1. The highest BCUT2D eigenvalue weighted by molar-refractivity contribution is 5.91. The molecule has 1 N–H and O–H groups in total. The molecule has 22 heavy (non-hydrogen) atoms. The van der Waals surface area contributed by atoms with Gasteiger partial charge in [0.05, 0.1) is 5.69 Å². The maximum atomic E-state index is 12.4. The molecule has 1 aromatic rings. The molecule has 0 saturated carbocycles. The number of hydrogen-bond donors (Lipinski definition) is 1. The third kappa shape index (κ3) is 3.80. The van der Waals surface area contributed by atoms with Crippen molar-refractivity contribution in [3.8, 4) is 0 Å². The topological polar surface area (TPSA) is 49.8 Å². The van der Waals surface area contributed by atoms with Crippen LogP contribution in [0.4, 0.5) is 10.5 Å². The molecular formula is C18H27NO3. The second kappa shape index (κ2) is 6.69. The third-order valence-corrected chi connectivity index (χ3v) is 3.86. The molecule has 1 unspecified atom stereocenters. The van der Waals surface area contributed by atoms with Gasteiger partial charge in [-0.2, -0.15) is 0 Å². The first kappa shape index (κ1) is 16.8. The fraction of sp³-hybridized carbons (Fsp3) is 0.611. The van der Waals surface area contributed by atoms with Gasteiger partial charge < -0.3 is 9.84 Å². The van der Waals surface area contributed by atoms with Crippen LogP contribution in [-0.2, 0) is 11.2 Å². The smallest absolute Gasteiger partial charge is 0.414 e. The predicted molar refractivity (Wildman–Crippen MR) is 88.5 cm³/mol. The first-order valence-electron chi connectivity index (χ1n) is 8.10. The molecule has 4 nitrogen and oxygen atoms in total. The summed E-state index contributed by atoms with van der Waals surface area (Å²) in [6, 6.07) is 6.28. The van der Waals surface area contributed by atoms with E-state index in [1.165, 1.54) is 5.56 Å². The lowest BCUT2D eigenvalue weighted by Gasteiger charge is -2.25. The molecule has 0 bridgehead atoms. The molecule has 0 aliphatic carbocycles. The van der Waals surface area contributed by atoms with E-state index >= 15 is 0 Å². The molecule has 0 fully saturated rings.